The van der Waals surface area contributed by atoms with Gasteiger partial charge in [-0.3, -0.25) is 9.59 Å². The van der Waals surface area contributed by atoms with Crippen LogP contribution in [0.15, 0.2) is 42.5 Å². The van der Waals surface area contributed by atoms with Crippen LogP contribution in [-0.2, 0) is 32.3 Å². The maximum absolute atomic E-state index is 14.1. The largest absolute Gasteiger partial charge is 0.459 e. The van der Waals surface area contributed by atoms with Crippen LogP contribution in [0.25, 0.3) is 0 Å². The second-order valence-electron chi connectivity index (χ2n) is 8.65. The molecule has 2 amide bonds. The lowest BCUT2D eigenvalue weighted by atomic mass is 10.0. The van der Waals surface area contributed by atoms with Crippen LogP contribution < -0.4 is 5.32 Å². The molecule has 1 N–H and O–H groups in total. The molecule has 0 aliphatic carbocycles. The maximum atomic E-state index is 14.1. The van der Waals surface area contributed by atoms with Crippen LogP contribution in [-0.4, -0.2) is 34.8 Å². The topological polar surface area (TPSA) is 75.7 Å². The number of halogens is 3. The predicted molar refractivity (Wildman–Crippen MR) is 123 cm³/mol. The number of carbonyl (C=O) groups excluding carboxylic acids is 3. The third-order valence-corrected chi connectivity index (χ3v) is 6.03. The first kappa shape index (κ1) is 25.6. The Morgan fingerprint density at radius 1 is 1.18 bits per heavy atom. The fourth-order valence-electron chi connectivity index (χ4n) is 3.85. The van der Waals surface area contributed by atoms with E-state index in [1.54, 1.807) is 38.1 Å². The Bertz CT molecular complexity index is 1050. The van der Waals surface area contributed by atoms with E-state index in [0.717, 1.165) is 11.6 Å². The van der Waals surface area contributed by atoms with E-state index in [2.05, 4.69) is 5.32 Å². The highest BCUT2D eigenvalue weighted by Gasteiger charge is 2.34. The predicted octanol–water partition coefficient (Wildman–Crippen LogP) is 4.38. The van der Waals surface area contributed by atoms with E-state index in [9.17, 15) is 23.2 Å². The molecule has 0 spiro atoms. The number of esters is 1. The SMILES string of the molecule is CC(C)[C@H](NC(=O)C[C@@H]1CCC(=O)N1Cc1cccc(F)c1F)C(=O)OCc1ccc(Cl)cc1. The van der Waals surface area contributed by atoms with Gasteiger partial charge in [0.1, 0.15) is 12.6 Å². The van der Waals surface area contributed by atoms with E-state index in [1.807, 2.05) is 0 Å². The van der Waals surface area contributed by atoms with Gasteiger partial charge in [-0.2, -0.15) is 0 Å². The van der Waals surface area contributed by atoms with E-state index in [-0.39, 0.29) is 43.4 Å². The summed E-state index contributed by atoms with van der Waals surface area (Å²) >= 11 is 5.86. The normalized spacial score (nSPS) is 16.6. The van der Waals surface area contributed by atoms with Crippen molar-refractivity contribution >= 4 is 29.4 Å². The van der Waals surface area contributed by atoms with Crippen LogP contribution in [0.5, 0.6) is 0 Å². The minimum Gasteiger partial charge on any atom is -0.459 e. The first-order valence-corrected chi connectivity index (χ1v) is 11.5. The average molecular weight is 493 g/mol. The number of nitrogens with one attached hydrogen (secondary N) is 1. The molecule has 2 aromatic rings. The molecule has 0 aromatic heterocycles. The molecule has 34 heavy (non-hydrogen) atoms. The molecule has 2 aromatic carbocycles. The molecule has 3 rings (SSSR count). The van der Waals surface area contributed by atoms with Crippen molar-refractivity contribution in [1.82, 2.24) is 10.2 Å². The zero-order valence-electron chi connectivity index (χ0n) is 19.0. The Morgan fingerprint density at radius 3 is 2.56 bits per heavy atom. The smallest absolute Gasteiger partial charge is 0.329 e. The number of nitrogens with zero attached hydrogens (tertiary/aromatic N) is 1. The van der Waals surface area contributed by atoms with E-state index >= 15 is 0 Å². The molecule has 2 atom stereocenters. The fourth-order valence-corrected chi connectivity index (χ4v) is 3.97. The van der Waals surface area contributed by atoms with Crippen molar-refractivity contribution in [2.24, 2.45) is 5.92 Å². The van der Waals surface area contributed by atoms with Crippen molar-refractivity contribution < 1.29 is 27.9 Å². The molecular weight excluding hydrogens is 466 g/mol. The fraction of sp³-hybridized carbons (Fsp3) is 0.400. The highest BCUT2D eigenvalue weighted by molar-refractivity contribution is 6.30. The van der Waals surface area contributed by atoms with Crippen LogP contribution in [0.2, 0.25) is 5.02 Å². The third kappa shape index (κ3) is 6.53. The first-order chi connectivity index (χ1) is 16.2. The van der Waals surface area contributed by atoms with Crippen LogP contribution in [0.1, 0.15) is 44.2 Å². The molecule has 6 nitrogen and oxygen atoms in total. The maximum Gasteiger partial charge on any atom is 0.329 e. The lowest BCUT2D eigenvalue weighted by molar-refractivity contribution is -0.150. The molecule has 0 bridgehead atoms. The van der Waals surface area contributed by atoms with Crippen LogP contribution in [0.4, 0.5) is 8.78 Å². The summed E-state index contributed by atoms with van der Waals surface area (Å²) in [7, 11) is 0. The molecule has 1 fully saturated rings. The van der Waals surface area contributed by atoms with Gasteiger partial charge in [-0.25, -0.2) is 13.6 Å². The summed E-state index contributed by atoms with van der Waals surface area (Å²) in [6.45, 7) is 3.48. The summed E-state index contributed by atoms with van der Waals surface area (Å²) in [5, 5.41) is 3.27. The van der Waals surface area contributed by atoms with Gasteiger partial charge in [0.25, 0.3) is 0 Å². The number of benzene rings is 2. The number of rotatable bonds is 9. The summed E-state index contributed by atoms with van der Waals surface area (Å²) in [4.78, 5) is 39.1. The van der Waals surface area contributed by atoms with E-state index in [1.165, 1.54) is 17.0 Å². The quantitative estimate of drug-likeness (QED) is 0.527. The summed E-state index contributed by atoms with van der Waals surface area (Å²) in [6.07, 6.45) is 0.568. The zero-order valence-corrected chi connectivity index (χ0v) is 19.8. The van der Waals surface area contributed by atoms with Gasteiger partial charge in [0.2, 0.25) is 11.8 Å². The molecule has 1 heterocycles. The number of hydrogen-bond donors (Lipinski definition) is 1. The standard InChI is InChI=1S/C25H27ClF2N2O4/c1-15(2)24(25(33)34-14-16-6-8-18(26)9-7-16)29-21(31)12-19-10-11-22(32)30(19)13-17-4-3-5-20(27)23(17)28/h3-9,15,19,24H,10-14H2,1-2H3,(H,29,31)/t19-,24-/m0/s1. The van der Waals surface area contributed by atoms with Crippen molar-refractivity contribution in [3.63, 3.8) is 0 Å². The average Bonchev–Trinajstić information content (AvgIpc) is 3.13. The molecule has 1 aliphatic heterocycles. The van der Waals surface area contributed by atoms with E-state index < -0.39 is 35.6 Å². The van der Waals surface area contributed by atoms with Gasteiger partial charge in [-0.1, -0.05) is 49.7 Å². The van der Waals surface area contributed by atoms with Crippen molar-refractivity contribution in [3.8, 4) is 0 Å². The Hall–Kier alpha value is -3.00. The van der Waals surface area contributed by atoms with Crippen LogP contribution >= 0.6 is 11.6 Å². The number of ether oxygens (including phenoxy) is 1. The highest BCUT2D eigenvalue weighted by atomic mass is 35.5. The Kier molecular flexibility index (Phi) is 8.61. The lowest BCUT2D eigenvalue weighted by Crippen LogP contribution is -2.47. The summed E-state index contributed by atoms with van der Waals surface area (Å²) < 4.78 is 33.0. The molecule has 9 heteroatoms. The molecule has 182 valence electrons. The van der Waals surface area contributed by atoms with Gasteiger partial charge in [-0.05, 0) is 36.1 Å². The molecule has 1 saturated heterocycles. The Labute approximate surface area is 202 Å². The van der Waals surface area contributed by atoms with Gasteiger partial charge in [0.15, 0.2) is 11.6 Å². The summed E-state index contributed by atoms with van der Waals surface area (Å²) in [5.74, 6) is -3.45. The minimum atomic E-state index is -1.01. The second kappa shape index (κ2) is 11.4. The number of amides is 2. The van der Waals surface area contributed by atoms with Crippen molar-refractivity contribution in [1.29, 1.82) is 0 Å². The van der Waals surface area contributed by atoms with Crippen molar-refractivity contribution in [3.05, 3.63) is 70.2 Å². The molecule has 0 radical (unpaired) electrons. The van der Waals surface area contributed by atoms with Gasteiger partial charge < -0.3 is 15.0 Å². The summed E-state index contributed by atoms with van der Waals surface area (Å²) in [6, 6.07) is 9.31. The molecule has 0 saturated carbocycles. The van der Waals surface area contributed by atoms with E-state index in [4.69, 9.17) is 16.3 Å². The van der Waals surface area contributed by atoms with E-state index in [0.29, 0.717) is 11.4 Å². The lowest BCUT2D eigenvalue weighted by Gasteiger charge is -2.26. The number of likely N-dealkylation sites (tertiary alicyclic amines) is 1. The second-order valence-corrected chi connectivity index (χ2v) is 9.09. The number of hydrogen-bond acceptors (Lipinski definition) is 4. The minimum absolute atomic E-state index is 0.0409. The van der Waals surface area contributed by atoms with Crippen LogP contribution in [0, 0.1) is 17.6 Å². The molecular formula is C25H27ClF2N2O4. The Morgan fingerprint density at radius 2 is 1.88 bits per heavy atom. The summed E-state index contributed by atoms with van der Waals surface area (Å²) in [5.41, 5.74) is 0.808. The van der Waals surface area contributed by atoms with Gasteiger partial charge in [0, 0.05) is 36.0 Å². The van der Waals surface area contributed by atoms with Crippen LogP contribution in [0.3, 0.4) is 0 Å². The monoisotopic (exact) mass is 492 g/mol. The van der Waals surface area contributed by atoms with Crippen molar-refractivity contribution in [2.75, 3.05) is 0 Å². The van der Waals surface area contributed by atoms with Gasteiger partial charge in [0.05, 0.1) is 0 Å². The zero-order chi connectivity index (χ0) is 24.8. The Balaban J connectivity index is 1.59. The van der Waals surface area contributed by atoms with Gasteiger partial charge >= 0.3 is 5.97 Å². The first-order valence-electron chi connectivity index (χ1n) is 11.1. The molecule has 1 aliphatic rings. The highest BCUT2D eigenvalue weighted by Crippen LogP contribution is 2.25. The molecule has 0 unspecified atom stereocenters. The van der Waals surface area contributed by atoms with Crippen molar-refractivity contribution in [2.45, 2.75) is 58.3 Å². The van der Waals surface area contributed by atoms with Gasteiger partial charge in [-0.15, -0.1) is 0 Å². The third-order valence-electron chi connectivity index (χ3n) is 5.78. The number of carbonyl (C=O) groups is 3.